The topological polar surface area (TPSA) is 58.2 Å². The highest BCUT2D eigenvalue weighted by atomic mass is 35.5. The van der Waals surface area contributed by atoms with Crippen molar-refractivity contribution in [2.75, 3.05) is 6.54 Å². The first-order chi connectivity index (χ1) is 11.6. The fourth-order valence-corrected chi connectivity index (χ4v) is 3.52. The van der Waals surface area contributed by atoms with Crippen molar-refractivity contribution < 1.29 is 9.59 Å². The molecule has 0 heterocycles. The lowest BCUT2D eigenvalue weighted by Gasteiger charge is -2.25. The molecule has 2 saturated carbocycles. The molecule has 1 aromatic rings. The van der Waals surface area contributed by atoms with Crippen LogP contribution in [0.1, 0.15) is 50.5 Å². The molecule has 0 aromatic heterocycles. The molecule has 2 N–H and O–H groups in total. The molecule has 2 fully saturated rings. The normalized spacial score (nSPS) is 19.5. The average molecular weight is 349 g/mol. The van der Waals surface area contributed by atoms with E-state index in [1.165, 1.54) is 19.3 Å². The van der Waals surface area contributed by atoms with Crippen molar-refractivity contribution in [3.8, 4) is 0 Å². The molecule has 0 unspecified atom stereocenters. The summed E-state index contributed by atoms with van der Waals surface area (Å²) < 4.78 is 0. The third-order valence-electron chi connectivity index (χ3n) is 5.17. The Morgan fingerprint density at radius 1 is 1.04 bits per heavy atom. The van der Waals surface area contributed by atoms with E-state index in [9.17, 15) is 9.59 Å². The molecule has 24 heavy (non-hydrogen) atoms. The van der Waals surface area contributed by atoms with E-state index in [-0.39, 0.29) is 17.9 Å². The van der Waals surface area contributed by atoms with E-state index in [1.807, 2.05) is 24.3 Å². The summed E-state index contributed by atoms with van der Waals surface area (Å²) in [6.45, 7) is 0.541. The van der Waals surface area contributed by atoms with Gasteiger partial charge in [0, 0.05) is 17.6 Å². The van der Waals surface area contributed by atoms with Crippen molar-refractivity contribution in [1.29, 1.82) is 0 Å². The van der Waals surface area contributed by atoms with Gasteiger partial charge in [0.2, 0.25) is 11.8 Å². The predicted molar refractivity (Wildman–Crippen MR) is 94.8 cm³/mol. The van der Waals surface area contributed by atoms with Crippen LogP contribution in [0, 0.1) is 5.41 Å². The summed E-state index contributed by atoms with van der Waals surface area (Å²) in [6.07, 6.45) is 7.75. The molecule has 2 amide bonds. The zero-order valence-electron chi connectivity index (χ0n) is 13.9. The van der Waals surface area contributed by atoms with E-state index in [2.05, 4.69) is 10.6 Å². The fourth-order valence-electron chi connectivity index (χ4n) is 3.39. The van der Waals surface area contributed by atoms with Crippen LogP contribution in [0.5, 0.6) is 0 Å². The Balaban J connectivity index is 1.46. The van der Waals surface area contributed by atoms with E-state index in [0.29, 0.717) is 24.4 Å². The lowest BCUT2D eigenvalue weighted by Crippen LogP contribution is -2.47. The second-order valence-electron chi connectivity index (χ2n) is 7.02. The molecule has 0 saturated heterocycles. The number of benzene rings is 1. The van der Waals surface area contributed by atoms with Gasteiger partial charge in [-0.3, -0.25) is 9.59 Å². The Morgan fingerprint density at radius 3 is 2.33 bits per heavy atom. The number of hydrogen-bond donors (Lipinski definition) is 2. The SMILES string of the molecule is O=C(NCCc1ccc(Cl)cc1)C1(C(=O)NC2CCCCC2)CC1. The van der Waals surface area contributed by atoms with Gasteiger partial charge in [-0.2, -0.15) is 0 Å². The van der Waals surface area contributed by atoms with Gasteiger partial charge in [-0.15, -0.1) is 0 Å². The molecule has 0 bridgehead atoms. The summed E-state index contributed by atoms with van der Waals surface area (Å²) in [6, 6.07) is 7.86. The Morgan fingerprint density at radius 2 is 1.71 bits per heavy atom. The van der Waals surface area contributed by atoms with Crippen LogP contribution in [-0.2, 0) is 16.0 Å². The van der Waals surface area contributed by atoms with Gasteiger partial charge in [-0.05, 0) is 49.8 Å². The minimum absolute atomic E-state index is 0.0709. The first kappa shape index (κ1) is 17.3. The van der Waals surface area contributed by atoms with Gasteiger partial charge in [0.25, 0.3) is 0 Å². The van der Waals surface area contributed by atoms with Gasteiger partial charge in [0.05, 0.1) is 0 Å². The van der Waals surface area contributed by atoms with Crippen LogP contribution in [0.2, 0.25) is 5.02 Å². The van der Waals surface area contributed by atoms with Crippen molar-refractivity contribution in [2.45, 2.75) is 57.4 Å². The van der Waals surface area contributed by atoms with Crippen LogP contribution >= 0.6 is 11.6 Å². The summed E-state index contributed by atoms with van der Waals surface area (Å²) in [4.78, 5) is 25.0. The third-order valence-corrected chi connectivity index (χ3v) is 5.42. The quantitative estimate of drug-likeness (QED) is 0.775. The van der Waals surface area contributed by atoms with Crippen molar-refractivity contribution in [3.63, 3.8) is 0 Å². The van der Waals surface area contributed by atoms with Gasteiger partial charge in [-0.25, -0.2) is 0 Å². The monoisotopic (exact) mass is 348 g/mol. The van der Waals surface area contributed by atoms with Crippen LogP contribution in [0.4, 0.5) is 0 Å². The number of nitrogens with one attached hydrogen (secondary N) is 2. The van der Waals surface area contributed by atoms with Gasteiger partial charge in [0.15, 0.2) is 0 Å². The zero-order chi connectivity index (χ0) is 17.0. The standard InChI is InChI=1S/C19H25ClN2O2/c20-15-8-6-14(7-9-15)10-13-21-17(23)19(11-12-19)18(24)22-16-4-2-1-3-5-16/h6-9,16H,1-5,10-13H2,(H,21,23)(H,22,24). The highest BCUT2D eigenvalue weighted by Crippen LogP contribution is 2.46. The first-order valence-corrected chi connectivity index (χ1v) is 9.32. The number of rotatable bonds is 6. The van der Waals surface area contributed by atoms with Gasteiger partial charge in [-0.1, -0.05) is 43.0 Å². The number of amides is 2. The molecule has 2 aliphatic rings. The van der Waals surface area contributed by atoms with E-state index >= 15 is 0 Å². The van der Waals surface area contributed by atoms with Gasteiger partial charge in [0.1, 0.15) is 5.41 Å². The van der Waals surface area contributed by atoms with E-state index in [4.69, 9.17) is 11.6 Å². The number of carbonyl (C=O) groups is 2. The van der Waals surface area contributed by atoms with Crippen molar-refractivity contribution in [1.82, 2.24) is 10.6 Å². The van der Waals surface area contributed by atoms with Gasteiger partial charge < -0.3 is 10.6 Å². The van der Waals surface area contributed by atoms with E-state index in [1.54, 1.807) is 0 Å². The average Bonchev–Trinajstić information content (AvgIpc) is 3.39. The Kier molecular flexibility index (Phi) is 5.44. The second-order valence-corrected chi connectivity index (χ2v) is 7.46. The Bertz CT molecular complexity index is 590. The molecule has 1 aromatic carbocycles. The lowest BCUT2D eigenvalue weighted by atomic mass is 9.94. The molecule has 0 radical (unpaired) electrons. The van der Waals surface area contributed by atoms with Crippen LogP contribution < -0.4 is 10.6 Å². The van der Waals surface area contributed by atoms with E-state index in [0.717, 1.165) is 24.8 Å². The maximum absolute atomic E-state index is 12.5. The van der Waals surface area contributed by atoms with Crippen LogP contribution in [-0.4, -0.2) is 24.4 Å². The second kappa shape index (κ2) is 7.56. The third kappa shape index (κ3) is 4.10. The molecule has 0 aliphatic heterocycles. The smallest absolute Gasteiger partial charge is 0.235 e. The highest BCUT2D eigenvalue weighted by Gasteiger charge is 2.56. The molecule has 3 rings (SSSR count). The van der Waals surface area contributed by atoms with Crippen molar-refractivity contribution in [3.05, 3.63) is 34.9 Å². The van der Waals surface area contributed by atoms with E-state index < -0.39 is 5.41 Å². The molecule has 130 valence electrons. The van der Waals surface area contributed by atoms with Crippen LogP contribution in [0.15, 0.2) is 24.3 Å². The lowest BCUT2D eigenvalue weighted by molar-refractivity contribution is -0.137. The summed E-state index contributed by atoms with van der Waals surface area (Å²) in [5, 5.41) is 6.74. The van der Waals surface area contributed by atoms with Crippen LogP contribution in [0.3, 0.4) is 0 Å². The summed E-state index contributed by atoms with van der Waals surface area (Å²) in [5.74, 6) is -0.192. The number of halogens is 1. The predicted octanol–water partition coefficient (Wildman–Crippen LogP) is 3.23. The molecular weight excluding hydrogens is 324 g/mol. The summed E-state index contributed by atoms with van der Waals surface area (Å²) >= 11 is 5.86. The molecule has 5 heteroatoms. The highest BCUT2D eigenvalue weighted by molar-refractivity contribution is 6.30. The van der Waals surface area contributed by atoms with Gasteiger partial charge >= 0.3 is 0 Å². The summed E-state index contributed by atoms with van der Waals surface area (Å²) in [7, 11) is 0. The van der Waals surface area contributed by atoms with Crippen molar-refractivity contribution in [2.24, 2.45) is 5.41 Å². The number of hydrogen-bond acceptors (Lipinski definition) is 2. The molecule has 0 atom stereocenters. The molecule has 2 aliphatic carbocycles. The molecule has 4 nitrogen and oxygen atoms in total. The Labute approximate surface area is 148 Å². The maximum atomic E-state index is 12.5. The first-order valence-electron chi connectivity index (χ1n) is 8.94. The zero-order valence-corrected chi connectivity index (χ0v) is 14.7. The minimum Gasteiger partial charge on any atom is -0.355 e. The molecule has 0 spiro atoms. The van der Waals surface area contributed by atoms with Crippen LogP contribution in [0.25, 0.3) is 0 Å². The Hall–Kier alpha value is -1.55. The summed E-state index contributed by atoms with van der Waals surface area (Å²) in [5.41, 5.74) is 0.313. The van der Waals surface area contributed by atoms with Crippen molar-refractivity contribution >= 4 is 23.4 Å². The number of carbonyl (C=O) groups excluding carboxylic acids is 2. The largest absolute Gasteiger partial charge is 0.355 e. The fraction of sp³-hybridized carbons (Fsp3) is 0.579. The minimum atomic E-state index is -0.808. The molecular formula is C19H25ClN2O2. The maximum Gasteiger partial charge on any atom is 0.235 e.